The monoisotopic (exact) mass is 896 g/mol. The summed E-state index contributed by atoms with van der Waals surface area (Å²) in [7, 11) is 1.18. The van der Waals surface area contributed by atoms with Gasteiger partial charge in [0.25, 0.3) is 0 Å². The molecule has 2 fully saturated rings. The number of carbonyl (C=O) groups is 7. The molecule has 15 heteroatoms. The van der Waals surface area contributed by atoms with Gasteiger partial charge in [-0.3, -0.25) is 19.2 Å². The van der Waals surface area contributed by atoms with Crippen LogP contribution in [0.1, 0.15) is 93.0 Å². The molecular formula is C50H56O15. The van der Waals surface area contributed by atoms with Crippen molar-refractivity contribution in [3.8, 4) is 28.7 Å². The van der Waals surface area contributed by atoms with Crippen LogP contribution in [0.3, 0.4) is 0 Å². The number of benzene rings is 3. The van der Waals surface area contributed by atoms with Crippen molar-refractivity contribution in [2.75, 3.05) is 26.9 Å². The zero-order valence-corrected chi connectivity index (χ0v) is 36.7. The molecule has 0 bridgehead atoms. The third-order valence-corrected chi connectivity index (χ3v) is 11.3. The first kappa shape index (κ1) is 49.2. The van der Waals surface area contributed by atoms with Crippen LogP contribution in [0.5, 0.6) is 28.7 Å². The van der Waals surface area contributed by atoms with Gasteiger partial charge in [0.05, 0.1) is 50.6 Å². The number of rotatable bonds is 22. The maximum atomic E-state index is 13.3. The zero-order chi connectivity index (χ0) is 46.6. The maximum Gasteiger partial charge on any atom is 0.341 e. The van der Waals surface area contributed by atoms with Crippen LogP contribution in [-0.4, -0.2) is 68.7 Å². The van der Waals surface area contributed by atoms with Crippen LogP contribution >= 0.6 is 0 Å². The topological polar surface area (TPSA) is 193 Å². The van der Waals surface area contributed by atoms with E-state index in [1.54, 1.807) is 48.5 Å². The molecule has 0 aromatic heterocycles. The molecule has 0 unspecified atom stereocenters. The summed E-state index contributed by atoms with van der Waals surface area (Å²) in [5.74, 6) is -3.94. The van der Waals surface area contributed by atoms with Crippen molar-refractivity contribution in [1.29, 1.82) is 0 Å². The van der Waals surface area contributed by atoms with Crippen LogP contribution in [0, 0.1) is 23.7 Å². The molecule has 5 rings (SSSR count). The quantitative estimate of drug-likeness (QED) is 0.0309. The number of ether oxygens (including phenoxy) is 8. The summed E-state index contributed by atoms with van der Waals surface area (Å²) in [6.07, 6.45) is 9.39. The fourth-order valence-electron chi connectivity index (χ4n) is 7.49. The highest BCUT2D eigenvalue weighted by molar-refractivity contribution is 5.94. The first-order valence-electron chi connectivity index (χ1n) is 22.0. The van der Waals surface area contributed by atoms with Crippen molar-refractivity contribution >= 4 is 41.8 Å². The molecule has 0 aliphatic heterocycles. The van der Waals surface area contributed by atoms with Gasteiger partial charge < -0.3 is 37.9 Å². The van der Waals surface area contributed by atoms with E-state index in [2.05, 4.69) is 13.2 Å². The Bertz CT molecular complexity index is 2130. The van der Waals surface area contributed by atoms with Crippen molar-refractivity contribution in [1.82, 2.24) is 0 Å². The minimum Gasteiger partial charge on any atom is -0.494 e. The van der Waals surface area contributed by atoms with Gasteiger partial charge in [-0.05, 0) is 137 Å². The lowest BCUT2D eigenvalue weighted by molar-refractivity contribution is -0.145. The number of hydrogen-bond donors (Lipinski definition) is 0. The highest BCUT2D eigenvalue weighted by atomic mass is 16.6. The number of unbranched alkanes of at least 4 members (excludes halogenated alkanes) is 3. The SMILES string of the molecule is C=CC(=O)OCCCCCCOc1ccc(OC(=O)C2CCC(C(=O)Oc3ccc(OC(=O)C4CCC(C(=O)Oc5ccc(CCOC(=O)C=C)cc5)CC4)cc3C(=O)OC)CC2)cc1. The standard InChI is InChI=1S/C50H56O15/c1-4-44(51)60-30-9-7-6-8-29-59-38-22-24-40(25-23-38)63-47(54)35-16-18-37(19-17-35)49(56)65-43-27-26-41(32-42(43)50(57)58-3)64-48(55)36-14-12-34(13-15-36)46(53)62-39-20-10-33(11-21-39)28-31-61-45(52)5-2/h4-5,10-11,20-27,32,34-37H,1-2,6-9,12-19,28-31H2,3H3. The summed E-state index contributed by atoms with van der Waals surface area (Å²) in [5, 5.41) is 0. The molecule has 15 nitrogen and oxygen atoms in total. The summed E-state index contributed by atoms with van der Waals surface area (Å²) in [6, 6.07) is 17.8. The average Bonchev–Trinajstić information content (AvgIpc) is 3.33. The molecule has 0 saturated heterocycles. The minimum atomic E-state index is -0.795. The van der Waals surface area contributed by atoms with E-state index in [0.29, 0.717) is 88.2 Å². The molecule has 2 saturated carbocycles. The van der Waals surface area contributed by atoms with Gasteiger partial charge in [-0.2, -0.15) is 0 Å². The van der Waals surface area contributed by atoms with E-state index in [4.69, 9.17) is 37.9 Å². The van der Waals surface area contributed by atoms with Crippen molar-refractivity contribution in [3.63, 3.8) is 0 Å². The minimum absolute atomic E-state index is 0.0537. The third-order valence-electron chi connectivity index (χ3n) is 11.3. The molecule has 0 spiro atoms. The van der Waals surface area contributed by atoms with Crippen LogP contribution in [0.15, 0.2) is 92.0 Å². The van der Waals surface area contributed by atoms with E-state index >= 15 is 0 Å². The Labute approximate surface area is 378 Å². The van der Waals surface area contributed by atoms with Crippen molar-refractivity contribution < 1.29 is 71.5 Å². The van der Waals surface area contributed by atoms with Crippen LogP contribution in [0.25, 0.3) is 0 Å². The van der Waals surface area contributed by atoms with E-state index in [1.165, 1.54) is 25.3 Å². The molecule has 0 atom stereocenters. The van der Waals surface area contributed by atoms with Gasteiger partial charge in [0.2, 0.25) is 0 Å². The molecule has 3 aromatic rings. The number of carbonyl (C=O) groups excluding carboxylic acids is 7. The predicted octanol–water partition coefficient (Wildman–Crippen LogP) is 8.05. The summed E-state index contributed by atoms with van der Waals surface area (Å²) in [4.78, 5) is 87.4. The van der Waals surface area contributed by atoms with E-state index < -0.39 is 53.5 Å². The lowest BCUT2D eigenvalue weighted by Crippen LogP contribution is -2.31. The van der Waals surface area contributed by atoms with Gasteiger partial charge in [0.15, 0.2) is 0 Å². The summed E-state index contributed by atoms with van der Waals surface area (Å²) in [5.41, 5.74) is 0.803. The normalized spacial score (nSPS) is 17.9. The van der Waals surface area contributed by atoms with E-state index in [1.807, 2.05) is 0 Å². The molecule has 2 aliphatic rings. The lowest BCUT2D eigenvalue weighted by atomic mass is 9.82. The summed E-state index contributed by atoms with van der Waals surface area (Å²) < 4.78 is 43.2. The van der Waals surface area contributed by atoms with E-state index in [9.17, 15) is 33.6 Å². The predicted molar refractivity (Wildman–Crippen MR) is 234 cm³/mol. The van der Waals surface area contributed by atoms with Crippen molar-refractivity contribution in [2.24, 2.45) is 23.7 Å². The largest absolute Gasteiger partial charge is 0.494 e. The number of hydrogen-bond acceptors (Lipinski definition) is 15. The molecule has 0 amide bonds. The smallest absolute Gasteiger partial charge is 0.341 e. The Balaban J connectivity index is 1.01. The van der Waals surface area contributed by atoms with Gasteiger partial charge in [-0.15, -0.1) is 0 Å². The Morgan fingerprint density at radius 2 is 0.923 bits per heavy atom. The second-order valence-corrected chi connectivity index (χ2v) is 15.8. The third kappa shape index (κ3) is 15.8. The van der Waals surface area contributed by atoms with Crippen LogP contribution in [0.4, 0.5) is 0 Å². The van der Waals surface area contributed by atoms with Crippen LogP contribution in [-0.2, 0) is 49.4 Å². The molecule has 0 radical (unpaired) electrons. The molecule has 346 valence electrons. The molecular weight excluding hydrogens is 841 g/mol. The zero-order valence-electron chi connectivity index (χ0n) is 36.7. The van der Waals surface area contributed by atoms with Crippen LogP contribution in [0.2, 0.25) is 0 Å². The Kier molecular flexibility index (Phi) is 19.3. The molecule has 3 aromatic carbocycles. The molecule has 0 N–H and O–H groups in total. The van der Waals surface area contributed by atoms with Crippen LogP contribution < -0.4 is 23.7 Å². The average molecular weight is 897 g/mol. The second-order valence-electron chi connectivity index (χ2n) is 15.8. The van der Waals surface area contributed by atoms with E-state index in [-0.39, 0.29) is 35.6 Å². The first-order chi connectivity index (χ1) is 31.5. The molecule has 2 aliphatic carbocycles. The van der Waals surface area contributed by atoms with Gasteiger partial charge in [0.1, 0.15) is 34.3 Å². The second kappa shape index (κ2) is 25.5. The highest BCUT2D eigenvalue weighted by Gasteiger charge is 2.34. The van der Waals surface area contributed by atoms with Gasteiger partial charge in [-0.25, -0.2) is 14.4 Å². The maximum absolute atomic E-state index is 13.3. The van der Waals surface area contributed by atoms with Gasteiger partial charge >= 0.3 is 41.8 Å². The van der Waals surface area contributed by atoms with Crippen molar-refractivity contribution in [3.05, 3.63) is 103 Å². The van der Waals surface area contributed by atoms with Gasteiger partial charge in [-0.1, -0.05) is 25.3 Å². The number of methoxy groups -OCH3 is 1. The Hall–Kier alpha value is -6.77. The fraction of sp³-hybridized carbons (Fsp3) is 0.420. The highest BCUT2D eigenvalue weighted by Crippen LogP contribution is 2.35. The first-order valence-corrected chi connectivity index (χ1v) is 22.0. The summed E-state index contributed by atoms with van der Waals surface area (Å²) >= 11 is 0. The number of esters is 7. The lowest BCUT2D eigenvalue weighted by Gasteiger charge is -2.26. The Morgan fingerprint density at radius 3 is 1.42 bits per heavy atom. The summed E-state index contributed by atoms with van der Waals surface area (Å²) in [6.45, 7) is 7.82. The van der Waals surface area contributed by atoms with Gasteiger partial charge in [0, 0.05) is 18.6 Å². The van der Waals surface area contributed by atoms with E-state index in [0.717, 1.165) is 43.4 Å². The molecule has 65 heavy (non-hydrogen) atoms. The molecule has 0 heterocycles. The fourth-order valence-corrected chi connectivity index (χ4v) is 7.49. The Morgan fingerprint density at radius 1 is 0.508 bits per heavy atom. The van der Waals surface area contributed by atoms with Crippen molar-refractivity contribution in [2.45, 2.75) is 83.5 Å².